The monoisotopic (exact) mass is 470 g/mol. The average Bonchev–Trinajstić information content (AvgIpc) is 3.19. The third-order valence-electron chi connectivity index (χ3n) is 4.62. The molecule has 162 valence electrons. The molecule has 1 amide bonds. The number of hydrogen-bond donors (Lipinski definition) is 3. The number of benzene rings is 3. The number of anilines is 2. The number of nitro benzene ring substituents is 1. The minimum Gasteiger partial charge on any atom is -0.360 e. The fraction of sp³-hybridized carbons (Fsp3) is 0. The van der Waals surface area contributed by atoms with Gasteiger partial charge in [0, 0.05) is 45.6 Å². The highest BCUT2D eigenvalue weighted by molar-refractivity contribution is 7.92. The van der Waals surface area contributed by atoms with Gasteiger partial charge in [-0.15, -0.1) is 0 Å². The summed E-state index contributed by atoms with van der Waals surface area (Å²) in [4.78, 5) is 26.1. The summed E-state index contributed by atoms with van der Waals surface area (Å²) in [6, 6.07) is 16.1. The first kappa shape index (κ1) is 21.3. The Kier molecular flexibility index (Phi) is 5.56. The Morgan fingerprint density at radius 2 is 1.75 bits per heavy atom. The molecular formula is C21H15ClN4O5S. The number of nitrogens with zero attached hydrogens (tertiary/aromatic N) is 1. The fourth-order valence-corrected chi connectivity index (χ4v) is 4.31. The molecule has 4 aromatic rings. The van der Waals surface area contributed by atoms with Gasteiger partial charge < -0.3 is 10.3 Å². The molecule has 0 bridgehead atoms. The lowest BCUT2D eigenvalue weighted by molar-refractivity contribution is -0.384. The number of rotatable bonds is 6. The summed E-state index contributed by atoms with van der Waals surface area (Å²) in [7, 11) is -3.91. The molecule has 1 aromatic heterocycles. The Labute approximate surface area is 187 Å². The maximum Gasteiger partial charge on any atom is 0.270 e. The van der Waals surface area contributed by atoms with Crippen LogP contribution in [0.3, 0.4) is 0 Å². The van der Waals surface area contributed by atoms with E-state index in [-0.39, 0.29) is 21.8 Å². The van der Waals surface area contributed by atoms with Crippen LogP contribution in [0.2, 0.25) is 5.02 Å². The highest BCUT2D eigenvalue weighted by Crippen LogP contribution is 2.25. The number of nitro groups is 1. The van der Waals surface area contributed by atoms with Crippen molar-refractivity contribution in [1.82, 2.24) is 4.98 Å². The van der Waals surface area contributed by atoms with Gasteiger partial charge in [0.2, 0.25) is 0 Å². The van der Waals surface area contributed by atoms with E-state index in [9.17, 15) is 23.3 Å². The number of nitrogens with one attached hydrogen (secondary N) is 3. The van der Waals surface area contributed by atoms with Gasteiger partial charge in [-0.3, -0.25) is 19.6 Å². The zero-order chi connectivity index (χ0) is 22.9. The largest absolute Gasteiger partial charge is 0.360 e. The lowest BCUT2D eigenvalue weighted by Gasteiger charge is -2.10. The molecule has 0 aliphatic heterocycles. The predicted molar refractivity (Wildman–Crippen MR) is 122 cm³/mol. The summed E-state index contributed by atoms with van der Waals surface area (Å²) in [6.45, 7) is 0. The highest BCUT2D eigenvalue weighted by Gasteiger charge is 2.18. The standard InChI is InChI=1S/C21H15ClN4O5S/c22-13-4-6-14(7-5-13)25-32(30,31)17-3-1-2-15(10-17)24-21(27)19-12-23-20-9-8-16(26(28)29)11-18(19)20/h1-12,23,25H,(H,24,27). The first-order chi connectivity index (χ1) is 15.2. The summed E-state index contributed by atoms with van der Waals surface area (Å²) in [6.07, 6.45) is 1.44. The summed E-state index contributed by atoms with van der Waals surface area (Å²) >= 11 is 5.82. The molecule has 0 saturated heterocycles. The van der Waals surface area contributed by atoms with Crippen molar-refractivity contribution in [1.29, 1.82) is 0 Å². The second-order valence-electron chi connectivity index (χ2n) is 6.78. The topological polar surface area (TPSA) is 134 Å². The van der Waals surface area contributed by atoms with Gasteiger partial charge in [0.15, 0.2) is 0 Å². The Balaban J connectivity index is 1.58. The molecule has 0 atom stereocenters. The van der Waals surface area contributed by atoms with Gasteiger partial charge in [-0.1, -0.05) is 17.7 Å². The number of halogens is 1. The van der Waals surface area contributed by atoms with Gasteiger partial charge in [-0.25, -0.2) is 8.42 Å². The summed E-state index contributed by atoms with van der Waals surface area (Å²) < 4.78 is 27.9. The van der Waals surface area contributed by atoms with Gasteiger partial charge in [-0.05, 0) is 48.5 Å². The number of aromatic amines is 1. The first-order valence-electron chi connectivity index (χ1n) is 9.18. The van der Waals surface area contributed by atoms with E-state index < -0.39 is 20.9 Å². The van der Waals surface area contributed by atoms with Crippen LogP contribution in [0.15, 0.2) is 77.8 Å². The summed E-state index contributed by atoms with van der Waals surface area (Å²) in [5.74, 6) is -0.544. The SMILES string of the molecule is O=C(Nc1cccc(S(=O)(=O)Nc2ccc(Cl)cc2)c1)c1c[nH]c2ccc([N+](=O)[O-])cc12. The van der Waals surface area contributed by atoms with E-state index in [0.29, 0.717) is 21.6 Å². The van der Waals surface area contributed by atoms with Crippen LogP contribution in [0.5, 0.6) is 0 Å². The number of hydrogen-bond acceptors (Lipinski definition) is 5. The quantitative estimate of drug-likeness (QED) is 0.275. The molecule has 3 aromatic carbocycles. The molecule has 0 aliphatic rings. The van der Waals surface area contributed by atoms with Crippen molar-refractivity contribution in [2.75, 3.05) is 10.0 Å². The van der Waals surface area contributed by atoms with Crippen LogP contribution in [0, 0.1) is 10.1 Å². The number of carbonyl (C=O) groups is 1. The second-order valence-corrected chi connectivity index (χ2v) is 8.90. The molecule has 1 heterocycles. The third-order valence-corrected chi connectivity index (χ3v) is 6.25. The highest BCUT2D eigenvalue weighted by atomic mass is 35.5. The maximum atomic E-state index is 12.8. The van der Waals surface area contributed by atoms with Crippen LogP contribution in [0.1, 0.15) is 10.4 Å². The Bertz CT molecular complexity index is 1450. The van der Waals surface area contributed by atoms with Gasteiger partial charge in [0.25, 0.3) is 21.6 Å². The normalized spacial score (nSPS) is 11.3. The zero-order valence-electron chi connectivity index (χ0n) is 16.2. The van der Waals surface area contributed by atoms with E-state index in [1.165, 1.54) is 60.8 Å². The number of non-ortho nitro benzene ring substituents is 1. The molecule has 0 unspecified atom stereocenters. The molecule has 0 aliphatic carbocycles. The number of amides is 1. The minimum atomic E-state index is -3.91. The Hall–Kier alpha value is -3.89. The molecule has 11 heteroatoms. The predicted octanol–water partition coefficient (Wildman–Crippen LogP) is 4.78. The van der Waals surface area contributed by atoms with Crippen molar-refractivity contribution in [3.05, 3.63) is 93.6 Å². The third kappa shape index (κ3) is 4.41. The number of fused-ring (bicyclic) bond motifs is 1. The maximum absolute atomic E-state index is 12.8. The first-order valence-corrected chi connectivity index (χ1v) is 11.0. The number of aromatic nitrogens is 1. The number of carbonyl (C=O) groups excluding carboxylic acids is 1. The molecular weight excluding hydrogens is 456 g/mol. The van der Waals surface area contributed by atoms with Crippen molar-refractivity contribution >= 4 is 55.5 Å². The lowest BCUT2D eigenvalue weighted by atomic mass is 10.1. The molecule has 0 saturated carbocycles. The lowest BCUT2D eigenvalue weighted by Crippen LogP contribution is -2.15. The van der Waals surface area contributed by atoms with Gasteiger partial charge in [-0.2, -0.15) is 0 Å². The van der Waals surface area contributed by atoms with E-state index in [1.54, 1.807) is 12.1 Å². The smallest absolute Gasteiger partial charge is 0.270 e. The van der Waals surface area contributed by atoms with E-state index in [2.05, 4.69) is 15.0 Å². The number of sulfonamides is 1. The van der Waals surface area contributed by atoms with Crippen molar-refractivity contribution < 1.29 is 18.1 Å². The molecule has 0 radical (unpaired) electrons. The number of H-pyrrole nitrogens is 1. The van der Waals surface area contributed by atoms with Crippen molar-refractivity contribution in [3.8, 4) is 0 Å². The van der Waals surface area contributed by atoms with Gasteiger partial charge >= 0.3 is 0 Å². The van der Waals surface area contributed by atoms with Crippen LogP contribution in [0.4, 0.5) is 17.1 Å². The molecule has 9 nitrogen and oxygen atoms in total. The average molecular weight is 471 g/mol. The van der Waals surface area contributed by atoms with Gasteiger partial charge in [0.05, 0.1) is 15.4 Å². The molecule has 0 fully saturated rings. The summed E-state index contributed by atoms with van der Waals surface area (Å²) in [5, 5.41) is 14.5. The van der Waals surface area contributed by atoms with Crippen molar-refractivity contribution in [2.45, 2.75) is 4.90 Å². The van der Waals surface area contributed by atoms with Crippen LogP contribution >= 0.6 is 11.6 Å². The van der Waals surface area contributed by atoms with E-state index in [1.807, 2.05) is 0 Å². The van der Waals surface area contributed by atoms with Crippen LogP contribution in [-0.2, 0) is 10.0 Å². The van der Waals surface area contributed by atoms with Crippen LogP contribution in [0.25, 0.3) is 10.9 Å². The van der Waals surface area contributed by atoms with Crippen LogP contribution < -0.4 is 10.0 Å². The van der Waals surface area contributed by atoms with E-state index >= 15 is 0 Å². The van der Waals surface area contributed by atoms with E-state index in [0.717, 1.165) is 0 Å². The van der Waals surface area contributed by atoms with Crippen LogP contribution in [-0.4, -0.2) is 24.2 Å². The second kappa shape index (κ2) is 8.33. The zero-order valence-corrected chi connectivity index (χ0v) is 17.8. The Morgan fingerprint density at radius 3 is 2.47 bits per heavy atom. The minimum absolute atomic E-state index is 0.0557. The van der Waals surface area contributed by atoms with Gasteiger partial charge in [0.1, 0.15) is 0 Å². The molecule has 32 heavy (non-hydrogen) atoms. The summed E-state index contributed by atoms with van der Waals surface area (Å²) in [5.41, 5.74) is 1.19. The Morgan fingerprint density at radius 1 is 1.00 bits per heavy atom. The molecule has 0 spiro atoms. The fourth-order valence-electron chi connectivity index (χ4n) is 3.08. The molecule has 4 rings (SSSR count). The van der Waals surface area contributed by atoms with Crippen molar-refractivity contribution in [2.24, 2.45) is 0 Å². The van der Waals surface area contributed by atoms with Crippen molar-refractivity contribution in [3.63, 3.8) is 0 Å². The molecule has 3 N–H and O–H groups in total. The van der Waals surface area contributed by atoms with E-state index in [4.69, 9.17) is 11.6 Å².